The molecule has 0 spiro atoms. The minimum atomic E-state index is -0.297. The number of ether oxygens (including phenoxy) is 2. The molecule has 2 N–H and O–H groups in total. The van der Waals surface area contributed by atoms with Gasteiger partial charge in [-0.2, -0.15) is 0 Å². The lowest BCUT2D eigenvalue weighted by Crippen LogP contribution is -2.31. The van der Waals surface area contributed by atoms with E-state index in [-0.39, 0.29) is 35.5 Å². The number of esters is 1. The van der Waals surface area contributed by atoms with Crippen LogP contribution in [0.5, 0.6) is 11.5 Å². The molecule has 1 aromatic heterocycles. The van der Waals surface area contributed by atoms with Crippen molar-refractivity contribution in [3.05, 3.63) is 65.9 Å². The number of methoxy groups -OCH3 is 1. The smallest absolute Gasteiger partial charge is 0.319 e. The van der Waals surface area contributed by atoms with Gasteiger partial charge in [-0.3, -0.25) is 14.5 Å². The van der Waals surface area contributed by atoms with E-state index in [0.29, 0.717) is 36.8 Å². The minimum Gasteiger partial charge on any atom is -0.507 e. The first-order valence-electron chi connectivity index (χ1n) is 12.5. The largest absolute Gasteiger partial charge is 0.507 e. The van der Waals surface area contributed by atoms with Crippen LogP contribution in [0.25, 0.3) is 21.7 Å². The molecular formula is C29H30ClN3O5. The molecule has 0 aliphatic carbocycles. The van der Waals surface area contributed by atoms with E-state index in [1.807, 2.05) is 67.4 Å². The molecule has 1 aliphatic rings. The fraction of sp³-hybridized carbons (Fsp3) is 0.310. The summed E-state index contributed by atoms with van der Waals surface area (Å²) in [4.78, 5) is 31.9. The van der Waals surface area contributed by atoms with Crippen LogP contribution >= 0.6 is 11.6 Å². The maximum absolute atomic E-state index is 13.7. The molecule has 0 saturated heterocycles. The number of hydrogen-bond donors (Lipinski definition) is 2. The van der Waals surface area contributed by atoms with E-state index in [4.69, 9.17) is 16.3 Å². The van der Waals surface area contributed by atoms with Crippen LogP contribution in [0.1, 0.15) is 28.9 Å². The molecule has 198 valence electrons. The van der Waals surface area contributed by atoms with Crippen LogP contribution in [0.3, 0.4) is 0 Å². The fourth-order valence-corrected chi connectivity index (χ4v) is 5.28. The van der Waals surface area contributed by atoms with E-state index in [2.05, 4.69) is 9.72 Å². The number of likely N-dealkylation sites (N-methyl/N-ethyl adjacent to an activating group) is 1. The Morgan fingerprint density at radius 2 is 1.95 bits per heavy atom. The fourth-order valence-electron chi connectivity index (χ4n) is 5.08. The molecule has 1 amide bonds. The molecule has 4 aromatic rings. The van der Waals surface area contributed by atoms with E-state index >= 15 is 0 Å². The van der Waals surface area contributed by atoms with Gasteiger partial charge in [-0.15, -0.1) is 11.6 Å². The van der Waals surface area contributed by atoms with Crippen molar-refractivity contribution in [2.24, 2.45) is 0 Å². The molecule has 1 unspecified atom stereocenters. The summed E-state index contributed by atoms with van der Waals surface area (Å²) < 4.78 is 10.5. The van der Waals surface area contributed by atoms with Crippen molar-refractivity contribution in [2.45, 2.75) is 18.2 Å². The first-order valence-corrected chi connectivity index (χ1v) is 12.9. The highest BCUT2D eigenvalue weighted by Gasteiger charge is 2.37. The van der Waals surface area contributed by atoms with Crippen molar-refractivity contribution >= 4 is 50.8 Å². The van der Waals surface area contributed by atoms with Gasteiger partial charge in [0.1, 0.15) is 23.8 Å². The Balaban J connectivity index is 1.38. The molecule has 8 nitrogen and oxygen atoms in total. The van der Waals surface area contributed by atoms with Crippen LogP contribution in [0, 0.1) is 0 Å². The number of halogens is 1. The number of alkyl halides is 1. The zero-order chi connectivity index (χ0) is 27.0. The summed E-state index contributed by atoms with van der Waals surface area (Å²) >= 11 is 6.59. The van der Waals surface area contributed by atoms with Crippen molar-refractivity contribution in [3.63, 3.8) is 0 Å². The molecule has 2 atom stereocenters. The second kappa shape index (κ2) is 10.6. The summed E-state index contributed by atoms with van der Waals surface area (Å²) in [7, 11) is 3.19. The predicted octanol–water partition coefficient (Wildman–Crippen LogP) is 4.88. The Morgan fingerprint density at radius 1 is 1.18 bits per heavy atom. The number of carbonyl (C=O) groups is 2. The first kappa shape index (κ1) is 25.9. The highest BCUT2D eigenvalue weighted by atomic mass is 35.5. The number of rotatable bonds is 8. The maximum Gasteiger partial charge on any atom is 0.319 e. The summed E-state index contributed by atoms with van der Waals surface area (Å²) in [5.41, 5.74) is 2.92. The number of hydrogen-bond acceptors (Lipinski definition) is 6. The first-order chi connectivity index (χ1) is 18.3. The highest BCUT2D eigenvalue weighted by Crippen LogP contribution is 2.47. The van der Waals surface area contributed by atoms with E-state index in [0.717, 1.165) is 27.2 Å². The molecule has 38 heavy (non-hydrogen) atoms. The monoisotopic (exact) mass is 535 g/mol. The third-order valence-corrected chi connectivity index (χ3v) is 7.38. The Hall–Kier alpha value is -3.75. The average molecular weight is 536 g/mol. The highest BCUT2D eigenvalue weighted by molar-refractivity contribution is 6.22. The number of phenolic OH excluding ortho intramolecular Hbond substituents is 1. The predicted molar refractivity (Wildman–Crippen MR) is 149 cm³/mol. The SMILES string of the molecule is COC(=O)CN(C)CCOc1ccc2[nH]c(C(=O)N3C[C@@H](C(C)Cl)c4c3cc(O)c3ccccc43)cc2c1. The second-order valence-electron chi connectivity index (χ2n) is 9.67. The Kier molecular flexibility index (Phi) is 7.19. The van der Waals surface area contributed by atoms with Gasteiger partial charge in [0, 0.05) is 46.7 Å². The number of nitrogens with one attached hydrogen (secondary N) is 1. The lowest BCUT2D eigenvalue weighted by atomic mass is 9.92. The lowest BCUT2D eigenvalue weighted by molar-refractivity contribution is -0.141. The van der Waals surface area contributed by atoms with Crippen molar-refractivity contribution in [3.8, 4) is 11.5 Å². The number of carbonyl (C=O) groups excluding carboxylic acids is 2. The number of anilines is 1. The molecule has 5 rings (SSSR count). The average Bonchev–Trinajstić information content (AvgIpc) is 3.50. The van der Waals surface area contributed by atoms with Crippen molar-refractivity contribution in [1.82, 2.24) is 9.88 Å². The van der Waals surface area contributed by atoms with Crippen molar-refractivity contribution < 1.29 is 24.2 Å². The molecule has 1 aliphatic heterocycles. The zero-order valence-corrected chi connectivity index (χ0v) is 22.3. The van der Waals surface area contributed by atoms with Gasteiger partial charge in [-0.05, 0) is 49.2 Å². The van der Waals surface area contributed by atoms with E-state index < -0.39 is 0 Å². The number of aromatic hydroxyl groups is 1. The van der Waals surface area contributed by atoms with Crippen LogP contribution in [0.2, 0.25) is 0 Å². The van der Waals surface area contributed by atoms with Gasteiger partial charge in [0.05, 0.1) is 19.3 Å². The van der Waals surface area contributed by atoms with Crippen LogP contribution in [0.4, 0.5) is 5.69 Å². The van der Waals surface area contributed by atoms with E-state index in [1.54, 1.807) is 11.0 Å². The molecule has 0 radical (unpaired) electrons. The number of phenols is 1. The third kappa shape index (κ3) is 4.89. The number of aromatic amines is 1. The quantitative estimate of drug-likeness (QED) is 0.247. The summed E-state index contributed by atoms with van der Waals surface area (Å²) in [6, 6.07) is 16.7. The van der Waals surface area contributed by atoms with Gasteiger partial charge in [-0.25, -0.2) is 0 Å². The Morgan fingerprint density at radius 3 is 2.68 bits per heavy atom. The molecule has 9 heteroatoms. The lowest BCUT2D eigenvalue weighted by Gasteiger charge is -2.18. The van der Waals surface area contributed by atoms with E-state index in [9.17, 15) is 14.7 Å². The van der Waals surface area contributed by atoms with Crippen molar-refractivity contribution in [1.29, 1.82) is 0 Å². The van der Waals surface area contributed by atoms with Gasteiger partial charge in [0.15, 0.2) is 0 Å². The number of nitrogens with zero attached hydrogens (tertiary/aromatic N) is 2. The van der Waals surface area contributed by atoms with Gasteiger partial charge in [0.25, 0.3) is 5.91 Å². The maximum atomic E-state index is 13.7. The summed E-state index contributed by atoms with van der Waals surface area (Å²) in [6.07, 6.45) is 0. The number of aromatic nitrogens is 1. The summed E-state index contributed by atoms with van der Waals surface area (Å²) in [5, 5.41) is 13.0. The normalized spacial score (nSPS) is 15.7. The molecule has 3 aromatic carbocycles. The molecule has 2 heterocycles. The van der Waals surface area contributed by atoms with Crippen LogP contribution < -0.4 is 9.64 Å². The van der Waals surface area contributed by atoms with Crippen LogP contribution in [-0.2, 0) is 9.53 Å². The molecule has 0 saturated carbocycles. The Labute approximate surface area is 225 Å². The van der Waals surface area contributed by atoms with Gasteiger partial charge >= 0.3 is 5.97 Å². The van der Waals surface area contributed by atoms with Crippen LogP contribution in [-0.4, -0.2) is 72.6 Å². The summed E-state index contributed by atoms with van der Waals surface area (Å²) in [5.74, 6) is 0.248. The number of benzene rings is 3. The molecule has 0 fully saturated rings. The number of H-pyrrole nitrogens is 1. The van der Waals surface area contributed by atoms with Gasteiger partial charge in [0.2, 0.25) is 0 Å². The third-order valence-electron chi connectivity index (χ3n) is 7.07. The number of fused-ring (bicyclic) bond motifs is 4. The van der Waals surface area contributed by atoms with Gasteiger partial charge < -0.3 is 24.5 Å². The van der Waals surface area contributed by atoms with Gasteiger partial charge in [-0.1, -0.05) is 24.3 Å². The topological polar surface area (TPSA) is 95.1 Å². The number of amides is 1. The Bertz CT molecular complexity index is 1520. The second-order valence-corrected chi connectivity index (χ2v) is 10.4. The molecular weight excluding hydrogens is 506 g/mol. The summed E-state index contributed by atoms with van der Waals surface area (Å²) in [6.45, 7) is 3.51. The standard InChI is InChI=1S/C29H30ClN3O5/c1-17(30)22-15-33(25-14-26(34)20-6-4-5-7-21(20)28(22)25)29(36)24-13-18-12-19(8-9-23(18)31-24)38-11-10-32(2)16-27(35)37-3/h4-9,12-14,17,22,31,34H,10-11,15-16H2,1-3H3/t17?,22-/m0/s1. The van der Waals surface area contributed by atoms with E-state index in [1.165, 1.54) is 7.11 Å². The minimum absolute atomic E-state index is 0.0668. The molecule has 0 bridgehead atoms. The zero-order valence-electron chi connectivity index (χ0n) is 21.5. The van der Waals surface area contributed by atoms with Crippen LogP contribution in [0.15, 0.2) is 54.6 Å². The van der Waals surface area contributed by atoms with Crippen molar-refractivity contribution in [2.75, 3.05) is 45.3 Å².